The van der Waals surface area contributed by atoms with Gasteiger partial charge in [0.2, 0.25) is 0 Å². The maximum atomic E-state index is 4.66. The predicted octanol–water partition coefficient (Wildman–Crippen LogP) is 2.30. The summed E-state index contributed by atoms with van der Waals surface area (Å²) in [7, 11) is 0. The topological polar surface area (TPSA) is 54.2 Å². The van der Waals surface area contributed by atoms with Crippen molar-refractivity contribution in [2.75, 3.05) is 19.6 Å². The second kappa shape index (κ2) is 8.46. The van der Waals surface area contributed by atoms with Crippen LogP contribution in [-0.4, -0.2) is 35.1 Å². The van der Waals surface area contributed by atoms with Gasteiger partial charge < -0.3 is 15.2 Å². The standard InChI is InChI=1S/C15H23N5S/c1-3-17-15(18-7-9-20-8-6-16-12-20)19-11-13(2)14-5-4-10-21-14/h4-6,8,10,12-13H,3,7,9,11H2,1-2H3,(H2,17,18,19). The maximum absolute atomic E-state index is 4.66. The van der Waals surface area contributed by atoms with Crippen LogP contribution in [0.2, 0.25) is 0 Å². The molecule has 0 amide bonds. The summed E-state index contributed by atoms with van der Waals surface area (Å²) in [6.45, 7) is 7.66. The van der Waals surface area contributed by atoms with Gasteiger partial charge in [-0.3, -0.25) is 4.99 Å². The quantitative estimate of drug-likeness (QED) is 0.609. The van der Waals surface area contributed by atoms with Gasteiger partial charge in [0, 0.05) is 42.8 Å². The molecule has 21 heavy (non-hydrogen) atoms. The number of hydrogen-bond acceptors (Lipinski definition) is 3. The van der Waals surface area contributed by atoms with Crippen molar-refractivity contribution >= 4 is 17.3 Å². The average Bonchev–Trinajstić information content (AvgIpc) is 3.17. The third-order valence-corrected chi connectivity index (χ3v) is 4.22. The summed E-state index contributed by atoms with van der Waals surface area (Å²) in [5.74, 6) is 1.33. The Bertz CT molecular complexity index is 518. The second-order valence-corrected chi connectivity index (χ2v) is 5.84. The van der Waals surface area contributed by atoms with E-state index in [2.05, 4.69) is 52.0 Å². The second-order valence-electron chi connectivity index (χ2n) is 4.86. The smallest absolute Gasteiger partial charge is 0.191 e. The Morgan fingerprint density at radius 2 is 2.38 bits per heavy atom. The molecule has 0 aromatic carbocycles. The summed E-state index contributed by atoms with van der Waals surface area (Å²) in [6.07, 6.45) is 5.58. The molecule has 0 fully saturated rings. The molecular weight excluding hydrogens is 282 g/mol. The molecule has 5 nitrogen and oxygen atoms in total. The Morgan fingerprint density at radius 3 is 3.05 bits per heavy atom. The van der Waals surface area contributed by atoms with Crippen molar-refractivity contribution in [3.63, 3.8) is 0 Å². The Balaban J connectivity index is 1.81. The van der Waals surface area contributed by atoms with Crippen molar-refractivity contribution < 1.29 is 0 Å². The van der Waals surface area contributed by atoms with Gasteiger partial charge in [0.1, 0.15) is 0 Å². The van der Waals surface area contributed by atoms with Crippen molar-refractivity contribution in [2.24, 2.45) is 4.99 Å². The third-order valence-electron chi connectivity index (χ3n) is 3.12. The number of imidazole rings is 1. The molecule has 1 unspecified atom stereocenters. The van der Waals surface area contributed by atoms with Gasteiger partial charge in [-0.2, -0.15) is 0 Å². The third kappa shape index (κ3) is 5.23. The first kappa shape index (κ1) is 15.6. The molecule has 0 aliphatic heterocycles. The van der Waals surface area contributed by atoms with E-state index in [0.29, 0.717) is 5.92 Å². The molecule has 0 aliphatic rings. The first-order valence-electron chi connectivity index (χ1n) is 7.31. The molecule has 2 aromatic heterocycles. The van der Waals surface area contributed by atoms with Gasteiger partial charge >= 0.3 is 0 Å². The van der Waals surface area contributed by atoms with Crippen LogP contribution in [-0.2, 0) is 6.54 Å². The molecule has 0 radical (unpaired) electrons. The molecule has 2 N–H and O–H groups in total. The molecule has 1 atom stereocenters. The van der Waals surface area contributed by atoms with Gasteiger partial charge in [-0.15, -0.1) is 11.3 Å². The number of rotatable bonds is 7. The van der Waals surface area contributed by atoms with Crippen LogP contribution in [0, 0.1) is 0 Å². The van der Waals surface area contributed by atoms with Crippen LogP contribution in [0.5, 0.6) is 0 Å². The van der Waals surface area contributed by atoms with Crippen molar-refractivity contribution in [1.29, 1.82) is 0 Å². The van der Waals surface area contributed by atoms with Gasteiger partial charge in [0.25, 0.3) is 0 Å². The van der Waals surface area contributed by atoms with Crippen LogP contribution in [0.4, 0.5) is 0 Å². The van der Waals surface area contributed by atoms with Crippen molar-refractivity contribution in [2.45, 2.75) is 26.3 Å². The molecule has 0 spiro atoms. The average molecular weight is 305 g/mol. The summed E-state index contributed by atoms with van der Waals surface area (Å²) in [5.41, 5.74) is 0. The van der Waals surface area contributed by atoms with Crippen LogP contribution < -0.4 is 10.6 Å². The van der Waals surface area contributed by atoms with Crippen LogP contribution >= 0.6 is 11.3 Å². The minimum atomic E-state index is 0.453. The predicted molar refractivity (Wildman–Crippen MR) is 88.9 cm³/mol. The Labute approximate surface area is 130 Å². The molecule has 114 valence electrons. The van der Waals surface area contributed by atoms with Gasteiger partial charge in [-0.25, -0.2) is 4.98 Å². The van der Waals surface area contributed by atoms with Gasteiger partial charge in [-0.1, -0.05) is 13.0 Å². The number of hydrogen-bond donors (Lipinski definition) is 2. The highest BCUT2D eigenvalue weighted by molar-refractivity contribution is 7.10. The molecule has 2 heterocycles. The van der Waals surface area contributed by atoms with Crippen molar-refractivity contribution in [3.8, 4) is 0 Å². The first-order chi connectivity index (χ1) is 10.3. The molecule has 0 aliphatic carbocycles. The molecule has 0 saturated carbocycles. The fourth-order valence-electron chi connectivity index (χ4n) is 1.95. The van der Waals surface area contributed by atoms with Crippen LogP contribution in [0.25, 0.3) is 0 Å². The maximum Gasteiger partial charge on any atom is 0.191 e. The number of nitrogens with zero attached hydrogens (tertiary/aromatic N) is 3. The van der Waals surface area contributed by atoms with E-state index in [1.54, 1.807) is 17.5 Å². The van der Waals surface area contributed by atoms with E-state index in [-0.39, 0.29) is 0 Å². The summed E-state index contributed by atoms with van der Waals surface area (Å²) < 4.78 is 2.05. The van der Waals surface area contributed by atoms with E-state index < -0.39 is 0 Å². The summed E-state index contributed by atoms with van der Waals surface area (Å²) in [6, 6.07) is 4.26. The lowest BCUT2D eigenvalue weighted by molar-refractivity contribution is 0.659. The van der Waals surface area contributed by atoms with Crippen LogP contribution in [0.1, 0.15) is 24.6 Å². The number of guanidine groups is 1. The van der Waals surface area contributed by atoms with E-state index >= 15 is 0 Å². The molecular formula is C15H23N5S. The SMILES string of the molecule is CCNC(=NCC(C)c1cccs1)NCCn1ccnc1. The van der Waals surface area contributed by atoms with Crippen molar-refractivity contribution in [1.82, 2.24) is 20.2 Å². The monoisotopic (exact) mass is 305 g/mol. The highest BCUT2D eigenvalue weighted by Gasteiger charge is 2.06. The number of aliphatic imine (C=N–C) groups is 1. The zero-order valence-electron chi connectivity index (χ0n) is 12.6. The van der Waals surface area contributed by atoms with Crippen molar-refractivity contribution in [3.05, 3.63) is 41.1 Å². The van der Waals surface area contributed by atoms with E-state index in [1.165, 1.54) is 4.88 Å². The van der Waals surface area contributed by atoms with E-state index in [4.69, 9.17) is 0 Å². The molecule has 0 bridgehead atoms. The molecule has 2 aromatic rings. The largest absolute Gasteiger partial charge is 0.357 e. The van der Waals surface area contributed by atoms with Gasteiger partial charge in [-0.05, 0) is 18.4 Å². The van der Waals surface area contributed by atoms with Gasteiger partial charge in [0.15, 0.2) is 5.96 Å². The lowest BCUT2D eigenvalue weighted by Crippen LogP contribution is -2.39. The van der Waals surface area contributed by atoms with Crippen LogP contribution in [0.3, 0.4) is 0 Å². The highest BCUT2D eigenvalue weighted by atomic mass is 32.1. The first-order valence-corrected chi connectivity index (χ1v) is 8.19. The molecule has 6 heteroatoms. The Hall–Kier alpha value is -1.82. The van der Waals surface area contributed by atoms with E-state index in [1.807, 2.05) is 17.1 Å². The fourth-order valence-corrected chi connectivity index (χ4v) is 2.73. The summed E-state index contributed by atoms with van der Waals surface area (Å²) in [4.78, 5) is 10.1. The summed E-state index contributed by atoms with van der Waals surface area (Å²) >= 11 is 1.79. The zero-order chi connectivity index (χ0) is 14.9. The van der Waals surface area contributed by atoms with E-state index in [9.17, 15) is 0 Å². The molecule has 2 rings (SSSR count). The zero-order valence-corrected chi connectivity index (χ0v) is 13.4. The minimum absolute atomic E-state index is 0.453. The fraction of sp³-hybridized carbons (Fsp3) is 0.467. The minimum Gasteiger partial charge on any atom is -0.357 e. The Morgan fingerprint density at radius 1 is 1.48 bits per heavy atom. The number of thiophene rings is 1. The Kier molecular flexibility index (Phi) is 6.27. The summed E-state index contributed by atoms with van der Waals surface area (Å²) in [5, 5.41) is 8.75. The number of aromatic nitrogens is 2. The normalized spacial score (nSPS) is 13.1. The van der Waals surface area contributed by atoms with E-state index in [0.717, 1.165) is 32.1 Å². The number of nitrogens with one attached hydrogen (secondary N) is 2. The molecule has 0 saturated heterocycles. The lowest BCUT2D eigenvalue weighted by atomic mass is 10.1. The highest BCUT2D eigenvalue weighted by Crippen LogP contribution is 2.20. The van der Waals surface area contributed by atoms with Crippen LogP contribution in [0.15, 0.2) is 41.2 Å². The lowest BCUT2D eigenvalue weighted by Gasteiger charge is -2.13. The van der Waals surface area contributed by atoms with Gasteiger partial charge in [0.05, 0.1) is 12.9 Å².